The van der Waals surface area contributed by atoms with E-state index in [1.807, 2.05) is 13.0 Å². The molecule has 0 aliphatic rings. The fourth-order valence-electron chi connectivity index (χ4n) is 1.45. The molecule has 0 radical (unpaired) electrons. The van der Waals surface area contributed by atoms with E-state index in [0.717, 1.165) is 15.4 Å². The van der Waals surface area contributed by atoms with Gasteiger partial charge in [0, 0.05) is 22.7 Å². The highest BCUT2D eigenvalue weighted by Gasteiger charge is 2.10. The van der Waals surface area contributed by atoms with Crippen LogP contribution in [0.2, 0.25) is 0 Å². The van der Waals surface area contributed by atoms with Crippen LogP contribution in [-0.4, -0.2) is 17.2 Å². The fourth-order valence-corrected chi connectivity index (χ4v) is 2.32. The van der Waals surface area contributed by atoms with Crippen molar-refractivity contribution in [3.05, 3.63) is 29.3 Å². The van der Waals surface area contributed by atoms with Gasteiger partial charge in [0.2, 0.25) is 0 Å². The second-order valence-corrected chi connectivity index (χ2v) is 4.81. The quantitative estimate of drug-likeness (QED) is 0.878. The van der Waals surface area contributed by atoms with Crippen molar-refractivity contribution in [3.63, 3.8) is 0 Å². The Hall–Kier alpha value is -1.59. The van der Waals surface area contributed by atoms with Crippen LogP contribution in [0, 0.1) is 0 Å². The number of thiazole rings is 1. The molecule has 1 heterocycles. The van der Waals surface area contributed by atoms with Gasteiger partial charge in [0.05, 0.1) is 7.11 Å². The van der Waals surface area contributed by atoms with Crippen LogP contribution in [0.4, 0.5) is 0 Å². The summed E-state index contributed by atoms with van der Waals surface area (Å²) < 4.78 is 4.99. The maximum atomic E-state index is 9.70. The van der Waals surface area contributed by atoms with Gasteiger partial charge in [0.1, 0.15) is 5.01 Å². The molecular formula is C12H14N2O2S. The minimum Gasteiger partial charge on any atom is -0.504 e. The summed E-state index contributed by atoms with van der Waals surface area (Å²) in [6.45, 7) is 1.92. The molecule has 0 saturated carbocycles. The second-order valence-electron chi connectivity index (χ2n) is 3.74. The first-order valence-electron chi connectivity index (χ1n) is 5.20. The summed E-state index contributed by atoms with van der Waals surface area (Å²) >= 11 is 1.53. The number of phenols is 1. The van der Waals surface area contributed by atoms with Crippen molar-refractivity contribution in [2.24, 2.45) is 5.73 Å². The summed E-state index contributed by atoms with van der Waals surface area (Å²) in [4.78, 5) is 5.31. The SMILES string of the molecule is COc1ccc(-c2ncc(C(C)N)s2)cc1O. The molecule has 1 aromatic heterocycles. The smallest absolute Gasteiger partial charge is 0.160 e. The number of nitrogens with zero attached hydrogens (tertiary/aromatic N) is 1. The maximum Gasteiger partial charge on any atom is 0.160 e. The van der Waals surface area contributed by atoms with E-state index in [2.05, 4.69) is 4.98 Å². The number of ether oxygens (including phenoxy) is 1. The molecule has 0 fully saturated rings. The molecular weight excluding hydrogens is 236 g/mol. The Balaban J connectivity index is 2.36. The lowest BCUT2D eigenvalue weighted by molar-refractivity contribution is 0.373. The number of aromatic hydroxyl groups is 1. The Labute approximate surface area is 104 Å². The van der Waals surface area contributed by atoms with E-state index in [-0.39, 0.29) is 11.8 Å². The first-order chi connectivity index (χ1) is 8.11. The summed E-state index contributed by atoms with van der Waals surface area (Å²) in [6.07, 6.45) is 1.77. The summed E-state index contributed by atoms with van der Waals surface area (Å²) in [7, 11) is 1.52. The van der Waals surface area contributed by atoms with E-state index in [1.165, 1.54) is 18.4 Å². The predicted octanol–water partition coefficient (Wildman–Crippen LogP) is 2.54. The van der Waals surface area contributed by atoms with Gasteiger partial charge < -0.3 is 15.6 Å². The molecule has 90 valence electrons. The van der Waals surface area contributed by atoms with Gasteiger partial charge in [-0.15, -0.1) is 11.3 Å². The molecule has 0 aliphatic heterocycles. The first kappa shape index (κ1) is 11.9. The number of phenolic OH excluding ortho intramolecular Hbond substituents is 1. The van der Waals surface area contributed by atoms with E-state index in [0.29, 0.717) is 5.75 Å². The van der Waals surface area contributed by atoms with E-state index in [9.17, 15) is 5.11 Å². The van der Waals surface area contributed by atoms with Gasteiger partial charge in [-0.1, -0.05) is 0 Å². The zero-order valence-corrected chi connectivity index (χ0v) is 10.5. The Morgan fingerprint density at radius 1 is 1.47 bits per heavy atom. The third-order valence-electron chi connectivity index (χ3n) is 2.40. The molecule has 4 nitrogen and oxygen atoms in total. The van der Waals surface area contributed by atoms with Crippen molar-refractivity contribution in [1.82, 2.24) is 4.98 Å². The molecule has 1 atom stereocenters. The highest BCUT2D eigenvalue weighted by molar-refractivity contribution is 7.15. The lowest BCUT2D eigenvalue weighted by Gasteiger charge is -2.04. The molecule has 0 amide bonds. The maximum absolute atomic E-state index is 9.70. The lowest BCUT2D eigenvalue weighted by atomic mass is 10.2. The van der Waals surface area contributed by atoms with Crippen molar-refractivity contribution in [3.8, 4) is 22.1 Å². The van der Waals surface area contributed by atoms with E-state index in [4.69, 9.17) is 10.5 Å². The molecule has 5 heteroatoms. The van der Waals surface area contributed by atoms with Crippen molar-refractivity contribution < 1.29 is 9.84 Å². The molecule has 17 heavy (non-hydrogen) atoms. The van der Waals surface area contributed by atoms with Gasteiger partial charge in [-0.3, -0.25) is 0 Å². The Kier molecular flexibility index (Phi) is 3.31. The second kappa shape index (κ2) is 4.73. The third-order valence-corrected chi connectivity index (χ3v) is 3.65. The van der Waals surface area contributed by atoms with Gasteiger partial charge in [-0.05, 0) is 25.1 Å². The molecule has 0 saturated heterocycles. The zero-order valence-electron chi connectivity index (χ0n) is 9.68. The minimum absolute atomic E-state index is 0.0203. The number of hydrogen-bond acceptors (Lipinski definition) is 5. The summed E-state index contributed by atoms with van der Waals surface area (Å²) in [6, 6.07) is 5.20. The van der Waals surface area contributed by atoms with Crippen LogP contribution >= 0.6 is 11.3 Å². The average molecular weight is 250 g/mol. The van der Waals surface area contributed by atoms with Gasteiger partial charge in [-0.2, -0.15) is 0 Å². The monoisotopic (exact) mass is 250 g/mol. The van der Waals surface area contributed by atoms with Crippen LogP contribution in [0.25, 0.3) is 10.6 Å². The van der Waals surface area contributed by atoms with Gasteiger partial charge >= 0.3 is 0 Å². The number of aromatic nitrogens is 1. The van der Waals surface area contributed by atoms with Crippen LogP contribution in [0.3, 0.4) is 0 Å². The first-order valence-corrected chi connectivity index (χ1v) is 6.02. The number of hydrogen-bond donors (Lipinski definition) is 2. The highest BCUT2D eigenvalue weighted by Crippen LogP contribution is 2.34. The van der Waals surface area contributed by atoms with E-state index < -0.39 is 0 Å². The summed E-state index contributed by atoms with van der Waals surface area (Å²) in [5.41, 5.74) is 6.64. The normalized spacial score (nSPS) is 12.4. The van der Waals surface area contributed by atoms with Crippen molar-refractivity contribution >= 4 is 11.3 Å². The average Bonchev–Trinajstić information content (AvgIpc) is 2.78. The minimum atomic E-state index is -0.0203. The molecule has 3 N–H and O–H groups in total. The standard InChI is InChI=1S/C12H14N2O2S/c1-7(13)11-6-14-12(17-11)8-3-4-10(16-2)9(15)5-8/h3-7,15H,13H2,1-2H3. The van der Waals surface area contributed by atoms with Crippen LogP contribution < -0.4 is 10.5 Å². The van der Waals surface area contributed by atoms with Gasteiger partial charge in [-0.25, -0.2) is 4.98 Å². The number of benzene rings is 1. The molecule has 1 aromatic carbocycles. The molecule has 0 bridgehead atoms. The zero-order chi connectivity index (χ0) is 12.4. The topological polar surface area (TPSA) is 68.4 Å². The Morgan fingerprint density at radius 3 is 2.76 bits per heavy atom. The largest absolute Gasteiger partial charge is 0.504 e. The molecule has 2 aromatic rings. The van der Waals surface area contributed by atoms with Gasteiger partial charge in [0.15, 0.2) is 11.5 Å². The molecule has 0 spiro atoms. The van der Waals surface area contributed by atoms with Crippen LogP contribution in [0.5, 0.6) is 11.5 Å². The number of rotatable bonds is 3. The van der Waals surface area contributed by atoms with Crippen molar-refractivity contribution in [1.29, 1.82) is 0 Å². The number of methoxy groups -OCH3 is 1. The number of nitrogens with two attached hydrogens (primary N) is 1. The van der Waals surface area contributed by atoms with Crippen LogP contribution in [0.15, 0.2) is 24.4 Å². The molecule has 2 rings (SSSR count). The molecule has 0 aliphatic carbocycles. The highest BCUT2D eigenvalue weighted by atomic mass is 32.1. The lowest BCUT2D eigenvalue weighted by Crippen LogP contribution is -2.01. The van der Waals surface area contributed by atoms with Gasteiger partial charge in [0.25, 0.3) is 0 Å². The van der Waals surface area contributed by atoms with Crippen LogP contribution in [0.1, 0.15) is 17.8 Å². The van der Waals surface area contributed by atoms with E-state index >= 15 is 0 Å². The summed E-state index contributed by atoms with van der Waals surface area (Å²) in [5, 5.41) is 10.5. The van der Waals surface area contributed by atoms with E-state index in [1.54, 1.807) is 18.3 Å². The molecule has 1 unspecified atom stereocenters. The summed E-state index contributed by atoms with van der Waals surface area (Å²) in [5.74, 6) is 0.570. The van der Waals surface area contributed by atoms with Crippen LogP contribution in [-0.2, 0) is 0 Å². The Bertz CT molecular complexity index is 523. The van der Waals surface area contributed by atoms with Crippen molar-refractivity contribution in [2.45, 2.75) is 13.0 Å². The Morgan fingerprint density at radius 2 is 2.24 bits per heavy atom. The fraction of sp³-hybridized carbons (Fsp3) is 0.250. The van der Waals surface area contributed by atoms with Crippen molar-refractivity contribution in [2.75, 3.05) is 7.11 Å². The predicted molar refractivity (Wildman–Crippen MR) is 68.4 cm³/mol. The third kappa shape index (κ3) is 2.40.